The Morgan fingerprint density at radius 3 is 2.04 bits per heavy atom. The van der Waals surface area contributed by atoms with Crippen molar-refractivity contribution in [2.75, 3.05) is 28.3 Å². The summed E-state index contributed by atoms with van der Waals surface area (Å²) in [5, 5.41) is 0. The molecule has 1 aliphatic rings. The van der Waals surface area contributed by atoms with E-state index in [1.54, 1.807) is 12.1 Å². The molecule has 0 unspecified atom stereocenters. The first-order valence-electron chi connectivity index (χ1n) is 6.55. The summed E-state index contributed by atoms with van der Waals surface area (Å²) in [7, 11) is 5.64. The fraction of sp³-hybridized carbons (Fsp3) is 0.267. The molecule has 7 nitrogen and oxygen atoms in total. The highest BCUT2D eigenvalue weighted by Crippen LogP contribution is 2.37. The molecule has 2 rings (SSSR count). The second-order valence-electron chi connectivity index (χ2n) is 4.81. The monoisotopic (exact) mass is 382 g/mol. The van der Waals surface area contributed by atoms with Gasteiger partial charge in [0, 0.05) is 14.1 Å². The lowest BCUT2D eigenvalue weighted by Gasteiger charge is -2.28. The van der Waals surface area contributed by atoms with Gasteiger partial charge in [-0.05, 0) is 39.7 Å². The van der Waals surface area contributed by atoms with E-state index in [1.807, 2.05) is 0 Å². The van der Waals surface area contributed by atoms with Gasteiger partial charge in [-0.15, -0.1) is 0 Å². The Labute approximate surface area is 141 Å². The van der Waals surface area contributed by atoms with E-state index in [4.69, 9.17) is 9.47 Å². The summed E-state index contributed by atoms with van der Waals surface area (Å²) in [6.45, 7) is 0. The van der Waals surface area contributed by atoms with Crippen LogP contribution in [0.4, 0.5) is 4.79 Å². The number of hydrogen-bond acceptors (Lipinski definition) is 5. The van der Waals surface area contributed by atoms with Gasteiger partial charge >= 0.3 is 6.03 Å². The highest BCUT2D eigenvalue weighted by Gasteiger charge is 2.37. The van der Waals surface area contributed by atoms with Crippen LogP contribution in [-0.2, 0) is 9.59 Å². The fourth-order valence-electron chi connectivity index (χ4n) is 2.16. The molecule has 1 heterocycles. The third kappa shape index (κ3) is 2.94. The Morgan fingerprint density at radius 1 is 1.00 bits per heavy atom. The zero-order valence-electron chi connectivity index (χ0n) is 13.0. The first-order valence-corrected chi connectivity index (χ1v) is 7.34. The molecule has 1 aliphatic heterocycles. The van der Waals surface area contributed by atoms with Crippen molar-refractivity contribution in [1.29, 1.82) is 0 Å². The Morgan fingerprint density at radius 2 is 1.57 bits per heavy atom. The summed E-state index contributed by atoms with van der Waals surface area (Å²) >= 11 is 3.35. The van der Waals surface area contributed by atoms with Gasteiger partial charge in [0.15, 0.2) is 11.5 Å². The predicted octanol–water partition coefficient (Wildman–Crippen LogP) is 1.90. The SMILES string of the molecule is COc1cc(C=C2C(=O)N(C)C(=O)N(C)C2=O)cc(Br)c1OC. The molecule has 8 heteroatoms. The van der Waals surface area contributed by atoms with E-state index in [1.165, 1.54) is 34.4 Å². The van der Waals surface area contributed by atoms with E-state index in [0.717, 1.165) is 9.80 Å². The zero-order valence-corrected chi connectivity index (χ0v) is 14.6. The van der Waals surface area contributed by atoms with Crippen LogP contribution in [0.5, 0.6) is 11.5 Å². The number of ether oxygens (including phenoxy) is 2. The van der Waals surface area contributed by atoms with Gasteiger partial charge in [-0.25, -0.2) is 4.79 Å². The van der Waals surface area contributed by atoms with Crippen molar-refractivity contribution in [3.63, 3.8) is 0 Å². The van der Waals surface area contributed by atoms with Crippen LogP contribution < -0.4 is 9.47 Å². The van der Waals surface area contributed by atoms with Gasteiger partial charge in [0.25, 0.3) is 11.8 Å². The van der Waals surface area contributed by atoms with E-state index in [-0.39, 0.29) is 5.57 Å². The van der Waals surface area contributed by atoms with Crippen LogP contribution in [0.15, 0.2) is 22.2 Å². The molecular weight excluding hydrogens is 368 g/mol. The van der Waals surface area contributed by atoms with Crippen molar-refractivity contribution in [2.24, 2.45) is 0 Å². The van der Waals surface area contributed by atoms with E-state index in [9.17, 15) is 14.4 Å². The van der Waals surface area contributed by atoms with Crippen molar-refractivity contribution in [3.05, 3.63) is 27.7 Å². The minimum atomic E-state index is -0.661. The third-order valence-corrected chi connectivity index (χ3v) is 4.00. The Balaban J connectivity index is 2.53. The van der Waals surface area contributed by atoms with Crippen molar-refractivity contribution in [2.45, 2.75) is 0 Å². The number of carbonyl (C=O) groups is 3. The van der Waals surface area contributed by atoms with Gasteiger partial charge in [-0.2, -0.15) is 0 Å². The van der Waals surface area contributed by atoms with Gasteiger partial charge < -0.3 is 9.47 Å². The van der Waals surface area contributed by atoms with Crippen LogP contribution in [0.25, 0.3) is 6.08 Å². The van der Waals surface area contributed by atoms with E-state index < -0.39 is 17.8 Å². The number of urea groups is 1. The number of likely N-dealkylation sites (N-methyl/N-ethyl adjacent to an activating group) is 2. The number of rotatable bonds is 3. The number of benzene rings is 1. The Bertz CT molecular complexity index is 703. The normalized spacial score (nSPS) is 15.2. The lowest BCUT2D eigenvalue weighted by Crippen LogP contribution is -2.52. The number of halogens is 1. The topological polar surface area (TPSA) is 76.2 Å². The van der Waals surface area contributed by atoms with Crippen LogP contribution in [0.2, 0.25) is 0 Å². The molecule has 0 radical (unpaired) electrons. The first-order chi connectivity index (χ1) is 10.8. The Hall–Kier alpha value is -2.35. The molecule has 0 bridgehead atoms. The molecule has 1 aromatic carbocycles. The first kappa shape index (κ1) is 17.0. The molecule has 0 aliphatic carbocycles. The summed E-state index contributed by atoms with van der Waals surface area (Å²) in [6, 6.07) is 2.66. The summed E-state index contributed by atoms with van der Waals surface area (Å²) in [6.07, 6.45) is 1.41. The molecule has 1 saturated heterocycles. The number of barbiturate groups is 1. The maximum atomic E-state index is 12.2. The summed E-state index contributed by atoms with van der Waals surface area (Å²) in [4.78, 5) is 37.9. The van der Waals surface area contributed by atoms with Crippen LogP contribution in [0, 0.1) is 0 Å². The molecular formula is C15H15BrN2O5. The molecule has 1 fully saturated rings. The highest BCUT2D eigenvalue weighted by atomic mass is 79.9. The van der Waals surface area contributed by atoms with Gasteiger partial charge in [-0.3, -0.25) is 19.4 Å². The molecule has 0 atom stereocenters. The molecule has 0 spiro atoms. The second kappa shape index (κ2) is 6.41. The van der Waals surface area contributed by atoms with Gasteiger partial charge in [0.2, 0.25) is 0 Å². The maximum absolute atomic E-state index is 12.2. The standard InChI is InChI=1S/C15H15BrN2O5/c1-17-13(19)9(14(20)18(2)15(17)21)5-8-6-10(16)12(23-4)11(7-8)22-3/h5-7H,1-4H3. The quantitative estimate of drug-likeness (QED) is 0.589. The number of amides is 4. The summed E-state index contributed by atoms with van der Waals surface area (Å²) in [5.74, 6) is -0.351. The molecule has 0 N–H and O–H groups in total. The van der Waals surface area contributed by atoms with Crippen LogP contribution in [0.3, 0.4) is 0 Å². The summed E-state index contributed by atoms with van der Waals surface area (Å²) < 4.78 is 11.1. The number of carbonyl (C=O) groups excluding carboxylic acids is 3. The van der Waals surface area contributed by atoms with Crippen LogP contribution in [0.1, 0.15) is 5.56 Å². The van der Waals surface area contributed by atoms with Crippen molar-refractivity contribution in [1.82, 2.24) is 9.80 Å². The smallest absolute Gasteiger partial charge is 0.333 e. The van der Waals surface area contributed by atoms with E-state index >= 15 is 0 Å². The minimum Gasteiger partial charge on any atom is -0.493 e. The molecule has 1 aromatic rings. The summed E-state index contributed by atoms with van der Waals surface area (Å²) in [5.41, 5.74) is 0.455. The second-order valence-corrected chi connectivity index (χ2v) is 5.66. The molecule has 0 aromatic heterocycles. The average Bonchev–Trinajstić information content (AvgIpc) is 2.54. The van der Waals surface area contributed by atoms with Gasteiger partial charge in [-0.1, -0.05) is 0 Å². The largest absolute Gasteiger partial charge is 0.493 e. The molecule has 122 valence electrons. The van der Waals surface area contributed by atoms with Gasteiger partial charge in [0.1, 0.15) is 5.57 Å². The fourth-order valence-corrected chi connectivity index (χ4v) is 2.78. The van der Waals surface area contributed by atoms with Crippen LogP contribution in [-0.4, -0.2) is 56.0 Å². The maximum Gasteiger partial charge on any atom is 0.333 e. The molecule has 0 saturated carbocycles. The average molecular weight is 383 g/mol. The van der Waals surface area contributed by atoms with Crippen LogP contribution >= 0.6 is 15.9 Å². The van der Waals surface area contributed by atoms with E-state index in [0.29, 0.717) is 21.5 Å². The molecule has 4 amide bonds. The zero-order chi connectivity index (χ0) is 17.3. The third-order valence-electron chi connectivity index (χ3n) is 3.41. The number of hydrogen-bond donors (Lipinski definition) is 0. The highest BCUT2D eigenvalue weighted by molar-refractivity contribution is 9.10. The number of imide groups is 2. The minimum absolute atomic E-state index is 0.103. The van der Waals surface area contributed by atoms with Crippen molar-refractivity contribution >= 4 is 39.9 Å². The molecule has 23 heavy (non-hydrogen) atoms. The lowest BCUT2D eigenvalue weighted by molar-refractivity contribution is -0.134. The van der Waals surface area contributed by atoms with Crippen molar-refractivity contribution in [3.8, 4) is 11.5 Å². The predicted molar refractivity (Wildman–Crippen MR) is 86.2 cm³/mol. The van der Waals surface area contributed by atoms with E-state index in [2.05, 4.69) is 15.9 Å². The van der Waals surface area contributed by atoms with Gasteiger partial charge in [0.05, 0.1) is 18.7 Å². The Kier molecular flexibility index (Phi) is 4.74. The lowest BCUT2D eigenvalue weighted by atomic mass is 10.1. The number of methoxy groups -OCH3 is 2. The van der Waals surface area contributed by atoms with Crippen molar-refractivity contribution < 1.29 is 23.9 Å². The number of nitrogens with zero attached hydrogens (tertiary/aromatic N) is 2.